The van der Waals surface area contributed by atoms with Crippen LogP contribution in [0, 0.1) is 0 Å². The molecule has 1 aliphatic heterocycles. The van der Waals surface area contributed by atoms with Gasteiger partial charge in [0.15, 0.2) is 5.96 Å². The second-order valence-corrected chi connectivity index (χ2v) is 7.05. The molecule has 0 radical (unpaired) electrons. The minimum atomic E-state index is 0.665. The molecule has 5 heteroatoms. The van der Waals surface area contributed by atoms with Crippen LogP contribution in [0.2, 0.25) is 0 Å². The zero-order chi connectivity index (χ0) is 17.3. The summed E-state index contributed by atoms with van der Waals surface area (Å²) < 4.78 is 0. The quantitative estimate of drug-likeness (QED) is 0.432. The largest absolute Gasteiger partial charge is 0.369 e. The Morgan fingerprint density at radius 2 is 1.84 bits per heavy atom. The number of nitrogens with zero attached hydrogens (tertiary/aromatic N) is 3. The fraction of sp³-hybridized carbons (Fsp3) is 0.650. The number of rotatable bonds is 8. The van der Waals surface area contributed by atoms with E-state index >= 15 is 0 Å². The second kappa shape index (κ2) is 9.66. The van der Waals surface area contributed by atoms with Gasteiger partial charge < -0.3 is 15.5 Å². The lowest BCUT2D eigenvalue weighted by atomic mass is 10.2. The van der Waals surface area contributed by atoms with Crippen molar-refractivity contribution >= 4 is 11.6 Å². The maximum absolute atomic E-state index is 4.70. The van der Waals surface area contributed by atoms with Crippen LogP contribution in [0.4, 0.5) is 5.69 Å². The van der Waals surface area contributed by atoms with Crippen molar-refractivity contribution in [1.29, 1.82) is 0 Å². The summed E-state index contributed by atoms with van der Waals surface area (Å²) in [6.45, 7) is 9.80. The summed E-state index contributed by atoms with van der Waals surface area (Å²) >= 11 is 0. The summed E-state index contributed by atoms with van der Waals surface area (Å²) in [4.78, 5) is 9.78. The molecule has 25 heavy (non-hydrogen) atoms. The minimum Gasteiger partial charge on any atom is -0.369 e. The van der Waals surface area contributed by atoms with Gasteiger partial charge in [0.05, 0.1) is 0 Å². The molecule has 0 atom stereocenters. The van der Waals surface area contributed by atoms with E-state index in [0.29, 0.717) is 6.04 Å². The van der Waals surface area contributed by atoms with Gasteiger partial charge in [0, 0.05) is 51.0 Å². The SMILES string of the molecule is CCNC(=NCCCCN1CCN(c2ccccc2)CC1)NC1CC1. The molecular weight excluding hydrogens is 310 g/mol. The minimum absolute atomic E-state index is 0.665. The molecule has 0 unspecified atom stereocenters. The maximum Gasteiger partial charge on any atom is 0.191 e. The first-order chi connectivity index (χ1) is 12.3. The Labute approximate surface area is 152 Å². The Kier molecular flexibility index (Phi) is 6.98. The van der Waals surface area contributed by atoms with E-state index in [1.54, 1.807) is 0 Å². The van der Waals surface area contributed by atoms with Gasteiger partial charge in [0.25, 0.3) is 0 Å². The average Bonchev–Trinajstić information content (AvgIpc) is 3.47. The first-order valence-corrected chi connectivity index (χ1v) is 9.92. The number of anilines is 1. The lowest BCUT2D eigenvalue weighted by Crippen LogP contribution is -2.46. The third-order valence-corrected chi connectivity index (χ3v) is 4.91. The number of para-hydroxylation sites is 1. The number of unbranched alkanes of at least 4 members (excludes halogenated alkanes) is 1. The maximum atomic E-state index is 4.70. The van der Waals surface area contributed by atoms with Gasteiger partial charge in [0.1, 0.15) is 0 Å². The van der Waals surface area contributed by atoms with Crippen molar-refractivity contribution in [3.63, 3.8) is 0 Å². The number of hydrogen-bond acceptors (Lipinski definition) is 3. The lowest BCUT2D eigenvalue weighted by molar-refractivity contribution is 0.253. The third kappa shape index (κ3) is 6.24. The number of nitrogens with one attached hydrogen (secondary N) is 2. The van der Waals surface area contributed by atoms with E-state index in [4.69, 9.17) is 4.99 Å². The van der Waals surface area contributed by atoms with E-state index in [9.17, 15) is 0 Å². The van der Waals surface area contributed by atoms with E-state index in [2.05, 4.69) is 57.7 Å². The highest BCUT2D eigenvalue weighted by Crippen LogP contribution is 2.18. The van der Waals surface area contributed by atoms with Gasteiger partial charge in [-0.2, -0.15) is 0 Å². The standard InChI is InChI=1S/C20H33N5/c1-2-21-20(23-18-10-11-18)22-12-6-7-13-24-14-16-25(17-15-24)19-8-4-3-5-9-19/h3-5,8-9,18H,2,6-7,10-17H2,1H3,(H2,21,22,23). The second-order valence-electron chi connectivity index (χ2n) is 7.05. The van der Waals surface area contributed by atoms with Crippen LogP contribution in [-0.2, 0) is 0 Å². The van der Waals surface area contributed by atoms with Crippen LogP contribution in [0.3, 0.4) is 0 Å². The molecular formula is C20H33N5. The van der Waals surface area contributed by atoms with Gasteiger partial charge in [-0.1, -0.05) is 18.2 Å². The van der Waals surface area contributed by atoms with Gasteiger partial charge in [-0.15, -0.1) is 0 Å². The zero-order valence-corrected chi connectivity index (χ0v) is 15.6. The Bertz CT molecular complexity index is 518. The van der Waals surface area contributed by atoms with Crippen LogP contribution in [0.1, 0.15) is 32.6 Å². The van der Waals surface area contributed by atoms with Crippen LogP contribution < -0.4 is 15.5 Å². The van der Waals surface area contributed by atoms with Crippen molar-refractivity contribution in [2.24, 2.45) is 4.99 Å². The molecule has 3 rings (SSSR count). The molecule has 0 aromatic heterocycles. The van der Waals surface area contributed by atoms with Crippen molar-refractivity contribution in [3.05, 3.63) is 30.3 Å². The van der Waals surface area contributed by atoms with Gasteiger partial charge >= 0.3 is 0 Å². The van der Waals surface area contributed by atoms with Crippen LogP contribution in [0.25, 0.3) is 0 Å². The van der Waals surface area contributed by atoms with Crippen molar-refractivity contribution < 1.29 is 0 Å². The highest BCUT2D eigenvalue weighted by atomic mass is 15.3. The van der Waals surface area contributed by atoms with Crippen LogP contribution in [-0.4, -0.2) is 62.7 Å². The summed E-state index contributed by atoms with van der Waals surface area (Å²) in [5.74, 6) is 1.00. The van der Waals surface area contributed by atoms with Gasteiger partial charge in [-0.3, -0.25) is 9.89 Å². The Morgan fingerprint density at radius 3 is 2.52 bits per heavy atom. The highest BCUT2D eigenvalue weighted by molar-refractivity contribution is 5.80. The molecule has 1 aromatic rings. The predicted molar refractivity (Wildman–Crippen MR) is 106 cm³/mol. The van der Waals surface area contributed by atoms with Gasteiger partial charge in [0.2, 0.25) is 0 Å². The topological polar surface area (TPSA) is 42.9 Å². The summed E-state index contributed by atoms with van der Waals surface area (Å²) in [5, 5.41) is 6.81. The first-order valence-electron chi connectivity index (χ1n) is 9.92. The summed E-state index contributed by atoms with van der Waals surface area (Å²) in [6.07, 6.45) is 4.98. The average molecular weight is 344 g/mol. The highest BCUT2D eigenvalue weighted by Gasteiger charge is 2.22. The molecule has 2 N–H and O–H groups in total. The normalized spacial score (nSPS) is 19.1. The summed E-state index contributed by atoms with van der Waals surface area (Å²) in [7, 11) is 0. The van der Waals surface area contributed by atoms with E-state index in [0.717, 1.165) is 32.1 Å². The molecule has 2 aliphatic rings. The van der Waals surface area contributed by atoms with E-state index in [1.165, 1.54) is 51.0 Å². The van der Waals surface area contributed by atoms with E-state index in [1.807, 2.05) is 0 Å². The molecule has 1 aromatic carbocycles. The fourth-order valence-corrected chi connectivity index (χ4v) is 3.25. The van der Waals surface area contributed by atoms with Crippen molar-refractivity contribution in [1.82, 2.24) is 15.5 Å². The molecule has 0 amide bonds. The molecule has 0 bridgehead atoms. The Morgan fingerprint density at radius 1 is 1.08 bits per heavy atom. The lowest BCUT2D eigenvalue weighted by Gasteiger charge is -2.36. The van der Waals surface area contributed by atoms with Gasteiger partial charge in [-0.25, -0.2) is 0 Å². The first kappa shape index (κ1) is 18.1. The molecule has 1 heterocycles. The van der Waals surface area contributed by atoms with E-state index in [-0.39, 0.29) is 0 Å². The Balaban J connectivity index is 1.29. The van der Waals surface area contributed by atoms with Crippen LogP contribution >= 0.6 is 0 Å². The molecule has 138 valence electrons. The fourth-order valence-electron chi connectivity index (χ4n) is 3.25. The van der Waals surface area contributed by atoms with E-state index < -0.39 is 0 Å². The number of guanidine groups is 1. The van der Waals surface area contributed by atoms with Crippen molar-refractivity contribution in [2.45, 2.75) is 38.6 Å². The molecule has 1 aliphatic carbocycles. The summed E-state index contributed by atoms with van der Waals surface area (Å²) in [5.41, 5.74) is 1.36. The molecule has 5 nitrogen and oxygen atoms in total. The number of hydrogen-bond donors (Lipinski definition) is 2. The van der Waals surface area contributed by atoms with Crippen LogP contribution in [0.15, 0.2) is 35.3 Å². The molecule has 1 saturated heterocycles. The van der Waals surface area contributed by atoms with Gasteiger partial charge in [-0.05, 0) is 51.3 Å². The Hall–Kier alpha value is -1.75. The molecule has 0 spiro atoms. The number of piperazine rings is 1. The smallest absolute Gasteiger partial charge is 0.191 e. The number of aliphatic imine (C=N–C) groups is 1. The predicted octanol–water partition coefficient (Wildman–Crippen LogP) is 2.31. The van der Waals surface area contributed by atoms with Crippen molar-refractivity contribution in [2.75, 3.05) is 50.7 Å². The van der Waals surface area contributed by atoms with Crippen molar-refractivity contribution in [3.8, 4) is 0 Å². The molecule has 1 saturated carbocycles. The monoisotopic (exact) mass is 343 g/mol. The zero-order valence-electron chi connectivity index (χ0n) is 15.6. The summed E-state index contributed by atoms with van der Waals surface area (Å²) in [6, 6.07) is 11.4. The number of benzene rings is 1. The molecule has 2 fully saturated rings. The third-order valence-electron chi connectivity index (χ3n) is 4.91. The van der Waals surface area contributed by atoms with Crippen LogP contribution in [0.5, 0.6) is 0 Å².